The highest BCUT2D eigenvalue weighted by Gasteiger charge is 2.14. The van der Waals surface area contributed by atoms with Crippen molar-refractivity contribution in [1.29, 1.82) is 0 Å². The van der Waals surface area contributed by atoms with E-state index in [-0.39, 0.29) is 11.7 Å². The van der Waals surface area contributed by atoms with E-state index >= 15 is 0 Å². The molecule has 4 nitrogen and oxygen atoms in total. The lowest BCUT2D eigenvalue weighted by atomic mass is 10.2. The van der Waals surface area contributed by atoms with Crippen LogP contribution in [-0.4, -0.2) is 11.1 Å². The summed E-state index contributed by atoms with van der Waals surface area (Å²) in [6.45, 7) is 3.77. The van der Waals surface area contributed by atoms with Crippen LogP contribution in [0, 0.1) is 19.7 Å². The molecule has 1 amide bonds. The van der Waals surface area contributed by atoms with Gasteiger partial charge in [-0.25, -0.2) is 4.39 Å². The first-order chi connectivity index (χ1) is 12.0. The number of amides is 1. The zero-order valence-corrected chi connectivity index (χ0v) is 14.7. The van der Waals surface area contributed by atoms with E-state index in [1.807, 2.05) is 26.0 Å². The van der Waals surface area contributed by atoms with Crippen LogP contribution in [0.15, 0.2) is 57.9 Å². The number of halogens is 1. The van der Waals surface area contributed by atoms with Crippen molar-refractivity contribution >= 4 is 23.4 Å². The van der Waals surface area contributed by atoms with Crippen LogP contribution in [-0.2, 0) is 5.75 Å². The monoisotopic (exact) mass is 356 g/mol. The molecule has 2 aromatic carbocycles. The van der Waals surface area contributed by atoms with E-state index in [1.54, 1.807) is 36.0 Å². The van der Waals surface area contributed by atoms with Crippen molar-refractivity contribution in [3.05, 3.63) is 76.9 Å². The van der Waals surface area contributed by atoms with Gasteiger partial charge in [-0.15, -0.1) is 11.8 Å². The Morgan fingerprint density at radius 1 is 1.20 bits per heavy atom. The highest BCUT2D eigenvalue weighted by molar-refractivity contribution is 7.98. The number of nitrogens with one attached hydrogen (secondary N) is 1. The minimum Gasteiger partial charge on any atom is -0.361 e. The summed E-state index contributed by atoms with van der Waals surface area (Å²) in [7, 11) is 0. The fourth-order valence-electron chi connectivity index (χ4n) is 2.40. The summed E-state index contributed by atoms with van der Waals surface area (Å²) in [4.78, 5) is 13.4. The molecule has 3 aromatic rings. The number of benzene rings is 2. The topological polar surface area (TPSA) is 55.1 Å². The Balaban J connectivity index is 1.77. The summed E-state index contributed by atoms with van der Waals surface area (Å²) in [6.07, 6.45) is 0. The SMILES string of the molecule is Cc1noc(C)c1CSc1ccccc1C(=O)Nc1cccc(F)c1. The normalized spacial score (nSPS) is 10.7. The van der Waals surface area contributed by atoms with Crippen LogP contribution < -0.4 is 5.32 Å². The number of hydrogen-bond donors (Lipinski definition) is 1. The maximum atomic E-state index is 13.3. The zero-order chi connectivity index (χ0) is 17.8. The lowest BCUT2D eigenvalue weighted by Gasteiger charge is -2.10. The third-order valence-electron chi connectivity index (χ3n) is 3.77. The van der Waals surface area contributed by atoms with Gasteiger partial charge in [0.15, 0.2) is 0 Å². The van der Waals surface area contributed by atoms with E-state index in [0.717, 1.165) is 21.9 Å². The second-order valence-electron chi connectivity index (χ2n) is 5.55. The third-order valence-corrected chi connectivity index (χ3v) is 4.87. The van der Waals surface area contributed by atoms with Gasteiger partial charge in [-0.3, -0.25) is 4.79 Å². The molecule has 0 aliphatic carbocycles. The summed E-state index contributed by atoms with van der Waals surface area (Å²) in [5.74, 6) is 0.781. The fraction of sp³-hybridized carbons (Fsp3) is 0.158. The average Bonchev–Trinajstić information content (AvgIpc) is 2.91. The molecule has 0 saturated carbocycles. The number of aromatic nitrogens is 1. The molecule has 0 atom stereocenters. The molecule has 0 saturated heterocycles. The molecular weight excluding hydrogens is 339 g/mol. The summed E-state index contributed by atoms with van der Waals surface area (Å²) in [6, 6.07) is 13.2. The van der Waals surface area contributed by atoms with Gasteiger partial charge in [-0.1, -0.05) is 23.4 Å². The fourth-order valence-corrected chi connectivity index (χ4v) is 3.61. The smallest absolute Gasteiger partial charge is 0.256 e. The van der Waals surface area contributed by atoms with E-state index < -0.39 is 0 Å². The van der Waals surface area contributed by atoms with Crippen molar-refractivity contribution in [3.63, 3.8) is 0 Å². The summed E-state index contributed by atoms with van der Waals surface area (Å²) in [5, 5.41) is 6.68. The first kappa shape index (κ1) is 17.2. The van der Waals surface area contributed by atoms with Crippen molar-refractivity contribution in [1.82, 2.24) is 5.16 Å². The Morgan fingerprint density at radius 2 is 2.00 bits per heavy atom. The van der Waals surface area contributed by atoms with Gasteiger partial charge in [0.2, 0.25) is 0 Å². The number of nitrogens with zero attached hydrogens (tertiary/aromatic N) is 1. The number of anilines is 1. The molecule has 0 radical (unpaired) electrons. The standard InChI is InChI=1S/C19H17FN2O2S/c1-12-17(13(2)24-22-12)11-25-18-9-4-3-8-16(18)19(23)21-15-7-5-6-14(20)10-15/h3-10H,11H2,1-2H3,(H,21,23). The van der Waals surface area contributed by atoms with Crippen molar-refractivity contribution in [2.24, 2.45) is 0 Å². The van der Waals surface area contributed by atoms with Crippen LogP contribution in [0.3, 0.4) is 0 Å². The number of carbonyl (C=O) groups is 1. The predicted octanol–water partition coefficient (Wildman–Crippen LogP) is 4.98. The van der Waals surface area contributed by atoms with Gasteiger partial charge < -0.3 is 9.84 Å². The number of hydrogen-bond acceptors (Lipinski definition) is 4. The lowest BCUT2D eigenvalue weighted by Crippen LogP contribution is -2.13. The van der Waals surface area contributed by atoms with Crippen LogP contribution >= 0.6 is 11.8 Å². The zero-order valence-electron chi connectivity index (χ0n) is 13.9. The summed E-state index contributed by atoms with van der Waals surface area (Å²) in [5.41, 5.74) is 2.86. The highest BCUT2D eigenvalue weighted by Crippen LogP contribution is 2.29. The molecular formula is C19H17FN2O2S. The minimum atomic E-state index is -0.390. The second-order valence-corrected chi connectivity index (χ2v) is 6.57. The molecule has 1 heterocycles. The lowest BCUT2D eigenvalue weighted by molar-refractivity contribution is 0.102. The molecule has 1 N–H and O–H groups in total. The number of thioether (sulfide) groups is 1. The number of aryl methyl sites for hydroxylation is 2. The van der Waals surface area contributed by atoms with Crippen molar-refractivity contribution in [2.75, 3.05) is 5.32 Å². The summed E-state index contributed by atoms with van der Waals surface area (Å²) >= 11 is 1.54. The van der Waals surface area contributed by atoms with E-state index in [4.69, 9.17) is 4.52 Å². The molecule has 6 heteroatoms. The minimum absolute atomic E-state index is 0.271. The molecule has 0 aliphatic rings. The van der Waals surface area contributed by atoms with Gasteiger partial charge in [0.05, 0.1) is 11.3 Å². The molecule has 0 unspecified atom stereocenters. The average molecular weight is 356 g/mol. The Bertz CT molecular complexity index is 888. The van der Waals surface area contributed by atoms with E-state index in [2.05, 4.69) is 10.5 Å². The van der Waals surface area contributed by atoms with E-state index in [1.165, 1.54) is 12.1 Å². The largest absolute Gasteiger partial charge is 0.361 e. The van der Waals surface area contributed by atoms with Crippen LogP contribution in [0.4, 0.5) is 10.1 Å². The van der Waals surface area contributed by atoms with Crippen molar-refractivity contribution in [2.45, 2.75) is 24.5 Å². The maximum Gasteiger partial charge on any atom is 0.256 e. The molecule has 0 aliphatic heterocycles. The summed E-state index contributed by atoms with van der Waals surface area (Å²) < 4.78 is 18.5. The second kappa shape index (κ2) is 7.53. The molecule has 25 heavy (non-hydrogen) atoms. The number of carbonyl (C=O) groups excluding carboxylic acids is 1. The third kappa shape index (κ3) is 4.09. The predicted molar refractivity (Wildman–Crippen MR) is 96.3 cm³/mol. The van der Waals surface area contributed by atoms with Gasteiger partial charge >= 0.3 is 0 Å². The Labute approximate surface area is 149 Å². The van der Waals surface area contributed by atoms with Crippen LogP contribution in [0.2, 0.25) is 0 Å². The molecule has 1 aromatic heterocycles. The Morgan fingerprint density at radius 3 is 2.72 bits per heavy atom. The molecule has 128 valence electrons. The molecule has 3 rings (SSSR count). The van der Waals surface area contributed by atoms with Crippen LogP contribution in [0.25, 0.3) is 0 Å². The van der Waals surface area contributed by atoms with Gasteiger partial charge in [-0.05, 0) is 44.2 Å². The van der Waals surface area contributed by atoms with Gasteiger partial charge in [0, 0.05) is 21.9 Å². The molecule has 0 spiro atoms. The van der Waals surface area contributed by atoms with Crippen LogP contribution in [0.5, 0.6) is 0 Å². The van der Waals surface area contributed by atoms with Gasteiger partial charge in [0.25, 0.3) is 5.91 Å². The Kier molecular flexibility index (Phi) is 5.19. The van der Waals surface area contributed by atoms with Crippen molar-refractivity contribution in [3.8, 4) is 0 Å². The van der Waals surface area contributed by atoms with E-state index in [0.29, 0.717) is 17.0 Å². The van der Waals surface area contributed by atoms with Crippen molar-refractivity contribution < 1.29 is 13.7 Å². The van der Waals surface area contributed by atoms with E-state index in [9.17, 15) is 9.18 Å². The quantitative estimate of drug-likeness (QED) is 0.656. The first-order valence-electron chi connectivity index (χ1n) is 7.75. The number of rotatable bonds is 5. The van der Waals surface area contributed by atoms with Crippen LogP contribution in [0.1, 0.15) is 27.4 Å². The molecule has 0 bridgehead atoms. The van der Waals surface area contributed by atoms with Gasteiger partial charge in [-0.2, -0.15) is 0 Å². The maximum absolute atomic E-state index is 13.3. The Hall–Kier alpha value is -2.60. The van der Waals surface area contributed by atoms with Gasteiger partial charge in [0.1, 0.15) is 11.6 Å². The highest BCUT2D eigenvalue weighted by atomic mass is 32.2. The molecule has 0 fully saturated rings. The first-order valence-corrected chi connectivity index (χ1v) is 8.73.